The molecule has 4 rings (SSSR count). The van der Waals surface area contributed by atoms with E-state index in [1.165, 1.54) is 4.57 Å². The van der Waals surface area contributed by atoms with Crippen molar-refractivity contribution in [1.82, 2.24) is 20.0 Å². The molecule has 0 bridgehead atoms. The highest BCUT2D eigenvalue weighted by atomic mass is 16.5. The van der Waals surface area contributed by atoms with E-state index >= 15 is 0 Å². The summed E-state index contributed by atoms with van der Waals surface area (Å²) in [5.74, 6) is 0.137. The predicted molar refractivity (Wildman–Crippen MR) is 87.8 cm³/mol. The van der Waals surface area contributed by atoms with E-state index in [1.54, 1.807) is 31.2 Å². The second kappa shape index (κ2) is 5.87. The number of carbonyl (C=O) groups excluding carboxylic acids is 1. The van der Waals surface area contributed by atoms with Gasteiger partial charge in [0, 0.05) is 6.92 Å². The fourth-order valence-corrected chi connectivity index (χ4v) is 3.49. The minimum atomic E-state index is -0.627. The van der Waals surface area contributed by atoms with Crippen molar-refractivity contribution in [2.24, 2.45) is 0 Å². The van der Waals surface area contributed by atoms with Crippen molar-refractivity contribution in [3.05, 3.63) is 46.5 Å². The van der Waals surface area contributed by atoms with Crippen molar-refractivity contribution in [3.63, 3.8) is 0 Å². The number of rotatable bonds is 4. The molecule has 1 aliphatic carbocycles. The molecular weight excluding hydrogens is 324 g/mol. The number of para-hydroxylation sites is 2. The number of fused-ring (bicyclic) bond motifs is 1. The van der Waals surface area contributed by atoms with Crippen molar-refractivity contribution in [1.29, 1.82) is 0 Å². The van der Waals surface area contributed by atoms with Crippen LogP contribution in [0.4, 0.5) is 0 Å². The van der Waals surface area contributed by atoms with Gasteiger partial charge in [0.05, 0.1) is 5.52 Å². The van der Waals surface area contributed by atoms with Crippen LogP contribution in [-0.2, 0) is 16.9 Å². The maximum Gasteiger partial charge on any atom is 0.420 e. The molecule has 0 saturated heterocycles. The number of aromatic nitrogens is 3. The first kappa shape index (κ1) is 15.6. The molecule has 1 amide bonds. The molecule has 0 spiro atoms. The zero-order valence-electron chi connectivity index (χ0n) is 13.8. The van der Waals surface area contributed by atoms with Crippen molar-refractivity contribution >= 4 is 17.0 Å². The third kappa shape index (κ3) is 2.73. The fourth-order valence-electron chi connectivity index (χ4n) is 3.49. The average molecular weight is 342 g/mol. The number of oxazole rings is 1. The van der Waals surface area contributed by atoms with E-state index in [0.717, 1.165) is 25.7 Å². The van der Waals surface area contributed by atoms with Crippen LogP contribution in [0, 0.1) is 6.92 Å². The van der Waals surface area contributed by atoms with Gasteiger partial charge in [-0.3, -0.25) is 9.36 Å². The first-order valence-electron chi connectivity index (χ1n) is 8.28. The fraction of sp³-hybridized carbons (Fsp3) is 0.412. The van der Waals surface area contributed by atoms with Crippen molar-refractivity contribution in [2.45, 2.75) is 44.7 Å². The number of nitrogens with zero attached hydrogens (tertiary/aromatic N) is 3. The van der Waals surface area contributed by atoms with Gasteiger partial charge in [-0.1, -0.05) is 30.1 Å². The average Bonchev–Trinajstić information content (AvgIpc) is 3.29. The van der Waals surface area contributed by atoms with E-state index in [-0.39, 0.29) is 12.5 Å². The zero-order valence-corrected chi connectivity index (χ0v) is 13.8. The second-order valence-corrected chi connectivity index (χ2v) is 6.40. The first-order valence-corrected chi connectivity index (χ1v) is 8.28. The molecule has 3 aromatic rings. The third-order valence-electron chi connectivity index (χ3n) is 4.67. The molecule has 1 fully saturated rings. The highest BCUT2D eigenvalue weighted by Gasteiger charge is 2.41. The Kier molecular flexibility index (Phi) is 3.67. The van der Waals surface area contributed by atoms with Crippen LogP contribution in [0.3, 0.4) is 0 Å². The standard InChI is InChI=1S/C17H18N4O4/c1-11-18-15(20-25-11)17(8-4-5-9-17)19-14(22)10-21-12-6-2-3-7-13(12)24-16(21)23/h2-3,6-7H,4-5,8-10H2,1H3,(H,19,22). The molecule has 0 aliphatic heterocycles. The molecule has 0 radical (unpaired) electrons. The highest BCUT2D eigenvalue weighted by Crippen LogP contribution is 2.37. The minimum absolute atomic E-state index is 0.117. The van der Waals surface area contributed by atoms with Crippen molar-refractivity contribution in [3.8, 4) is 0 Å². The number of carbonyl (C=O) groups is 1. The van der Waals surface area contributed by atoms with Gasteiger partial charge in [-0.2, -0.15) is 4.98 Å². The molecule has 0 atom stereocenters. The number of nitrogens with one attached hydrogen (secondary N) is 1. The Bertz CT molecular complexity index is 978. The molecular formula is C17H18N4O4. The number of hydrogen-bond acceptors (Lipinski definition) is 6. The molecule has 2 aromatic heterocycles. The molecule has 130 valence electrons. The van der Waals surface area contributed by atoms with Gasteiger partial charge in [0.1, 0.15) is 12.1 Å². The lowest BCUT2D eigenvalue weighted by atomic mass is 9.96. The SMILES string of the molecule is Cc1nc(C2(NC(=O)Cn3c(=O)oc4ccccc43)CCCC2)no1. The highest BCUT2D eigenvalue weighted by molar-refractivity contribution is 5.80. The van der Waals surface area contributed by atoms with E-state index in [0.29, 0.717) is 22.8 Å². The molecule has 1 N–H and O–H groups in total. The Morgan fingerprint density at radius 1 is 1.32 bits per heavy atom. The Labute approximate surface area is 142 Å². The van der Waals surface area contributed by atoms with Gasteiger partial charge < -0.3 is 14.3 Å². The molecule has 25 heavy (non-hydrogen) atoms. The van der Waals surface area contributed by atoms with Crippen LogP contribution in [0.25, 0.3) is 11.1 Å². The number of hydrogen-bond donors (Lipinski definition) is 1. The smallest absolute Gasteiger partial charge is 0.408 e. The van der Waals surface area contributed by atoms with Gasteiger partial charge in [0.15, 0.2) is 11.4 Å². The van der Waals surface area contributed by atoms with Crippen LogP contribution >= 0.6 is 0 Å². The number of benzene rings is 1. The first-order chi connectivity index (χ1) is 12.1. The normalized spacial score (nSPS) is 16.4. The summed E-state index contributed by atoms with van der Waals surface area (Å²) in [6.45, 7) is 1.60. The van der Waals surface area contributed by atoms with E-state index in [4.69, 9.17) is 8.94 Å². The summed E-state index contributed by atoms with van der Waals surface area (Å²) < 4.78 is 11.6. The molecule has 8 nitrogen and oxygen atoms in total. The number of aryl methyl sites for hydroxylation is 1. The van der Waals surface area contributed by atoms with E-state index < -0.39 is 11.3 Å². The van der Waals surface area contributed by atoms with Crippen LogP contribution in [0.2, 0.25) is 0 Å². The summed E-state index contributed by atoms with van der Waals surface area (Å²) in [6.07, 6.45) is 3.45. The summed E-state index contributed by atoms with van der Waals surface area (Å²) in [6, 6.07) is 7.03. The van der Waals surface area contributed by atoms with Crippen LogP contribution in [0.1, 0.15) is 37.4 Å². The summed E-state index contributed by atoms with van der Waals surface area (Å²) in [5.41, 5.74) is 0.432. The van der Waals surface area contributed by atoms with Gasteiger partial charge in [-0.05, 0) is 25.0 Å². The minimum Gasteiger partial charge on any atom is -0.408 e. The summed E-state index contributed by atoms with van der Waals surface area (Å²) in [5, 5.41) is 7.03. The third-order valence-corrected chi connectivity index (χ3v) is 4.67. The largest absolute Gasteiger partial charge is 0.420 e. The quantitative estimate of drug-likeness (QED) is 0.776. The molecule has 0 unspecified atom stereocenters. The zero-order chi connectivity index (χ0) is 17.4. The Hall–Kier alpha value is -2.90. The maximum absolute atomic E-state index is 12.6. The summed E-state index contributed by atoms with van der Waals surface area (Å²) in [4.78, 5) is 29.0. The van der Waals surface area contributed by atoms with Gasteiger partial charge in [-0.25, -0.2) is 4.79 Å². The molecule has 1 aromatic carbocycles. The summed E-state index contributed by atoms with van der Waals surface area (Å²) in [7, 11) is 0. The molecule has 1 aliphatic rings. The van der Waals surface area contributed by atoms with Crippen LogP contribution < -0.4 is 11.1 Å². The molecule has 1 saturated carbocycles. The predicted octanol–water partition coefficient (Wildman–Crippen LogP) is 1.87. The lowest BCUT2D eigenvalue weighted by Crippen LogP contribution is -2.46. The molecule has 2 heterocycles. The van der Waals surface area contributed by atoms with E-state index in [9.17, 15) is 9.59 Å². The number of amides is 1. The van der Waals surface area contributed by atoms with Gasteiger partial charge in [0.25, 0.3) is 0 Å². The van der Waals surface area contributed by atoms with E-state index in [1.807, 2.05) is 0 Å². The summed E-state index contributed by atoms with van der Waals surface area (Å²) >= 11 is 0. The lowest BCUT2D eigenvalue weighted by Gasteiger charge is -2.26. The van der Waals surface area contributed by atoms with Gasteiger partial charge in [-0.15, -0.1) is 0 Å². The van der Waals surface area contributed by atoms with Crippen LogP contribution in [0.15, 0.2) is 38.0 Å². The van der Waals surface area contributed by atoms with Gasteiger partial charge >= 0.3 is 5.76 Å². The van der Waals surface area contributed by atoms with Crippen LogP contribution in [0.5, 0.6) is 0 Å². The van der Waals surface area contributed by atoms with Crippen LogP contribution in [-0.4, -0.2) is 20.6 Å². The van der Waals surface area contributed by atoms with Crippen molar-refractivity contribution in [2.75, 3.05) is 0 Å². The topological polar surface area (TPSA) is 103 Å². The Morgan fingerprint density at radius 2 is 2.08 bits per heavy atom. The molecule has 8 heteroatoms. The van der Waals surface area contributed by atoms with Crippen molar-refractivity contribution < 1.29 is 13.7 Å². The van der Waals surface area contributed by atoms with E-state index in [2.05, 4.69) is 15.5 Å². The monoisotopic (exact) mass is 342 g/mol. The Morgan fingerprint density at radius 3 is 2.80 bits per heavy atom. The Balaban J connectivity index is 1.60. The van der Waals surface area contributed by atoms with Gasteiger partial charge in [0.2, 0.25) is 11.8 Å². The maximum atomic E-state index is 12.6. The second-order valence-electron chi connectivity index (χ2n) is 6.40. The lowest BCUT2D eigenvalue weighted by molar-refractivity contribution is -0.123.